The highest BCUT2D eigenvalue weighted by atomic mass is 32.1. The number of aryl methyl sites for hydroxylation is 1. The molecule has 0 aliphatic heterocycles. The summed E-state index contributed by atoms with van der Waals surface area (Å²) in [6.07, 6.45) is 2.47. The Labute approximate surface area is 121 Å². The minimum Gasteiger partial charge on any atom is -0.292 e. The van der Waals surface area contributed by atoms with E-state index in [2.05, 4.69) is 21.7 Å². The number of nitrogens with zero attached hydrogens (tertiary/aromatic N) is 1. The van der Waals surface area contributed by atoms with Gasteiger partial charge in [-0.1, -0.05) is 0 Å². The lowest BCUT2D eigenvalue weighted by Crippen LogP contribution is -2.31. The van der Waals surface area contributed by atoms with Crippen LogP contribution in [-0.4, -0.2) is 23.3 Å². The van der Waals surface area contributed by atoms with Crippen molar-refractivity contribution in [2.24, 2.45) is 0 Å². The second kappa shape index (κ2) is 5.57. The number of Topliss-reactive ketones (excluding diaryl/α,β-unsaturated/α-hetero) is 1. The monoisotopic (exact) mass is 291 g/mol. The molecule has 1 aliphatic carbocycles. The number of hydrogen-bond acceptors (Lipinski definition) is 4. The molecule has 0 unspecified atom stereocenters. The Kier molecular flexibility index (Phi) is 3.82. The summed E-state index contributed by atoms with van der Waals surface area (Å²) in [5, 5.41) is 4.28. The summed E-state index contributed by atoms with van der Waals surface area (Å²) >= 11 is 3.33. The number of thiophene rings is 2. The molecule has 2 heterocycles. The summed E-state index contributed by atoms with van der Waals surface area (Å²) in [5.41, 5.74) is 1.33. The van der Waals surface area contributed by atoms with Crippen LogP contribution >= 0.6 is 22.7 Å². The van der Waals surface area contributed by atoms with Gasteiger partial charge < -0.3 is 0 Å². The third kappa shape index (κ3) is 3.32. The van der Waals surface area contributed by atoms with Crippen LogP contribution in [0.1, 0.15) is 33.0 Å². The molecule has 1 aliphatic rings. The fourth-order valence-corrected chi connectivity index (χ4v) is 3.67. The molecule has 0 spiro atoms. The van der Waals surface area contributed by atoms with Crippen LogP contribution in [0.2, 0.25) is 0 Å². The number of carbonyl (C=O) groups excluding carboxylic acids is 1. The average Bonchev–Trinajstić information content (AvgIpc) is 2.94. The van der Waals surface area contributed by atoms with E-state index in [9.17, 15) is 4.79 Å². The molecular formula is C15H17NOS2. The van der Waals surface area contributed by atoms with E-state index in [0.29, 0.717) is 12.6 Å². The topological polar surface area (TPSA) is 20.3 Å². The molecule has 1 fully saturated rings. The van der Waals surface area contributed by atoms with Crippen molar-refractivity contribution in [2.45, 2.75) is 32.4 Å². The van der Waals surface area contributed by atoms with Gasteiger partial charge in [-0.05, 0) is 54.3 Å². The molecule has 2 aromatic heterocycles. The Balaban J connectivity index is 1.66. The maximum absolute atomic E-state index is 12.3. The molecule has 1 saturated carbocycles. The molecule has 3 rings (SSSR count). The van der Waals surface area contributed by atoms with Crippen molar-refractivity contribution in [1.82, 2.24) is 4.90 Å². The molecule has 0 atom stereocenters. The molecule has 2 nitrogen and oxygen atoms in total. The molecule has 4 heteroatoms. The second-order valence-electron chi connectivity index (χ2n) is 5.10. The lowest BCUT2D eigenvalue weighted by Gasteiger charge is -2.20. The predicted octanol–water partition coefficient (Wildman–Crippen LogP) is 3.97. The highest BCUT2D eigenvalue weighted by molar-refractivity contribution is 7.14. The molecule has 0 amide bonds. The van der Waals surface area contributed by atoms with E-state index in [4.69, 9.17) is 0 Å². The third-order valence-corrected chi connectivity index (χ3v) is 5.16. The maximum Gasteiger partial charge on any atom is 0.186 e. The van der Waals surface area contributed by atoms with E-state index in [-0.39, 0.29) is 5.78 Å². The van der Waals surface area contributed by atoms with Gasteiger partial charge in [0.2, 0.25) is 0 Å². The van der Waals surface area contributed by atoms with Gasteiger partial charge in [0.25, 0.3) is 0 Å². The van der Waals surface area contributed by atoms with Crippen molar-refractivity contribution in [3.8, 4) is 0 Å². The standard InChI is InChI=1S/C15H17NOS2/c1-11-2-5-15(19-11)14(17)9-16(13-3-4-13)8-12-6-7-18-10-12/h2,5-7,10,13H,3-4,8-9H2,1H3. The molecule has 19 heavy (non-hydrogen) atoms. The van der Waals surface area contributed by atoms with Crippen LogP contribution in [0.5, 0.6) is 0 Å². The Morgan fingerprint density at radius 1 is 1.37 bits per heavy atom. The van der Waals surface area contributed by atoms with E-state index in [0.717, 1.165) is 11.4 Å². The SMILES string of the molecule is Cc1ccc(C(=O)CN(Cc2ccsc2)C2CC2)s1. The van der Waals surface area contributed by atoms with Crippen LogP contribution in [0.15, 0.2) is 29.0 Å². The summed E-state index contributed by atoms with van der Waals surface area (Å²) in [6.45, 7) is 3.51. The zero-order chi connectivity index (χ0) is 13.2. The fraction of sp³-hybridized carbons (Fsp3) is 0.400. The van der Waals surface area contributed by atoms with Crippen LogP contribution in [-0.2, 0) is 6.54 Å². The first-order chi connectivity index (χ1) is 9.22. The van der Waals surface area contributed by atoms with E-state index in [1.807, 2.05) is 19.1 Å². The van der Waals surface area contributed by atoms with Gasteiger partial charge in [-0.3, -0.25) is 9.69 Å². The minimum atomic E-state index is 0.264. The molecular weight excluding hydrogens is 274 g/mol. The lowest BCUT2D eigenvalue weighted by molar-refractivity contribution is 0.0923. The summed E-state index contributed by atoms with van der Waals surface area (Å²) in [4.78, 5) is 16.7. The third-order valence-electron chi connectivity index (χ3n) is 3.39. The Bertz CT molecular complexity index is 554. The molecule has 0 N–H and O–H groups in total. The molecule has 0 bridgehead atoms. The molecule has 0 aromatic carbocycles. The van der Waals surface area contributed by atoms with Gasteiger partial charge in [-0.15, -0.1) is 11.3 Å². The van der Waals surface area contributed by atoms with Crippen molar-refractivity contribution in [3.63, 3.8) is 0 Å². The van der Waals surface area contributed by atoms with Crippen molar-refractivity contribution in [1.29, 1.82) is 0 Å². The van der Waals surface area contributed by atoms with Gasteiger partial charge in [0.05, 0.1) is 11.4 Å². The average molecular weight is 291 g/mol. The number of rotatable bonds is 6. The zero-order valence-electron chi connectivity index (χ0n) is 11.0. The van der Waals surface area contributed by atoms with Gasteiger partial charge in [-0.2, -0.15) is 11.3 Å². The van der Waals surface area contributed by atoms with E-state index in [1.165, 1.54) is 23.3 Å². The fourth-order valence-electron chi connectivity index (χ4n) is 2.22. The first-order valence-electron chi connectivity index (χ1n) is 6.57. The lowest BCUT2D eigenvalue weighted by atomic mass is 10.2. The summed E-state index contributed by atoms with van der Waals surface area (Å²) in [7, 11) is 0. The smallest absolute Gasteiger partial charge is 0.186 e. The Morgan fingerprint density at radius 3 is 2.79 bits per heavy atom. The van der Waals surface area contributed by atoms with Crippen LogP contribution in [0.4, 0.5) is 0 Å². The van der Waals surface area contributed by atoms with Crippen molar-refractivity contribution in [2.75, 3.05) is 6.54 Å². The van der Waals surface area contributed by atoms with E-state index < -0.39 is 0 Å². The zero-order valence-corrected chi connectivity index (χ0v) is 12.6. The normalized spacial score (nSPS) is 15.1. The highest BCUT2D eigenvalue weighted by Gasteiger charge is 2.30. The quantitative estimate of drug-likeness (QED) is 0.751. The van der Waals surface area contributed by atoms with Gasteiger partial charge >= 0.3 is 0 Å². The Hall–Kier alpha value is -0.970. The van der Waals surface area contributed by atoms with E-state index in [1.54, 1.807) is 22.7 Å². The maximum atomic E-state index is 12.3. The first-order valence-corrected chi connectivity index (χ1v) is 8.33. The van der Waals surface area contributed by atoms with Crippen molar-refractivity contribution >= 4 is 28.5 Å². The molecule has 0 saturated heterocycles. The first kappa shape index (κ1) is 13.0. The van der Waals surface area contributed by atoms with Gasteiger partial charge in [0, 0.05) is 17.5 Å². The Morgan fingerprint density at radius 2 is 2.21 bits per heavy atom. The van der Waals surface area contributed by atoms with Gasteiger partial charge in [-0.25, -0.2) is 0 Å². The number of ketones is 1. The number of carbonyl (C=O) groups is 1. The molecule has 0 radical (unpaired) electrons. The highest BCUT2D eigenvalue weighted by Crippen LogP contribution is 2.29. The van der Waals surface area contributed by atoms with Crippen molar-refractivity contribution < 1.29 is 4.79 Å². The number of hydrogen-bond donors (Lipinski definition) is 0. The van der Waals surface area contributed by atoms with Crippen LogP contribution in [0, 0.1) is 6.92 Å². The van der Waals surface area contributed by atoms with E-state index >= 15 is 0 Å². The second-order valence-corrected chi connectivity index (χ2v) is 7.17. The van der Waals surface area contributed by atoms with Crippen molar-refractivity contribution in [3.05, 3.63) is 44.3 Å². The summed E-state index contributed by atoms with van der Waals surface area (Å²) in [6, 6.07) is 6.75. The predicted molar refractivity (Wildman–Crippen MR) is 81.1 cm³/mol. The minimum absolute atomic E-state index is 0.264. The molecule has 2 aromatic rings. The van der Waals surface area contributed by atoms with Gasteiger partial charge in [0.15, 0.2) is 5.78 Å². The summed E-state index contributed by atoms with van der Waals surface area (Å²) in [5.74, 6) is 0.264. The summed E-state index contributed by atoms with van der Waals surface area (Å²) < 4.78 is 0. The van der Waals surface area contributed by atoms with Crippen LogP contribution < -0.4 is 0 Å². The van der Waals surface area contributed by atoms with Gasteiger partial charge in [0.1, 0.15) is 0 Å². The largest absolute Gasteiger partial charge is 0.292 e. The van der Waals surface area contributed by atoms with Crippen LogP contribution in [0.3, 0.4) is 0 Å². The molecule has 100 valence electrons. The van der Waals surface area contributed by atoms with Crippen LogP contribution in [0.25, 0.3) is 0 Å².